The maximum atomic E-state index is 5.55. The maximum absolute atomic E-state index is 5.55. The van der Waals surface area contributed by atoms with Crippen LogP contribution in [0.4, 0.5) is 0 Å². The summed E-state index contributed by atoms with van der Waals surface area (Å²) in [5.74, 6) is 1.52. The predicted molar refractivity (Wildman–Crippen MR) is 136 cm³/mol. The fourth-order valence-electron chi connectivity index (χ4n) is 5.32. The minimum atomic E-state index is 0.210. The molecule has 1 saturated heterocycles. The van der Waals surface area contributed by atoms with E-state index in [-0.39, 0.29) is 11.1 Å². The monoisotopic (exact) mass is 427 g/mol. The van der Waals surface area contributed by atoms with E-state index in [1.807, 2.05) is 19.1 Å². The Kier molecular flexibility index (Phi) is 6.18. The molecule has 2 nitrogen and oxygen atoms in total. The number of likely N-dealkylation sites (tertiary alicyclic amines) is 1. The highest BCUT2D eigenvalue weighted by Crippen LogP contribution is 2.44. The molecule has 4 rings (SSSR count). The van der Waals surface area contributed by atoms with Crippen molar-refractivity contribution in [2.75, 3.05) is 13.7 Å². The van der Waals surface area contributed by atoms with Crippen LogP contribution in [0, 0.1) is 0 Å². The summed E-state index contributed by atoms with van der Waals surface area (Å²) in [6, 6.07) is 26.5. The van der Waals surface area contributed by atoms with Crippen molar-refractivity contribution in [1.82, 2.24) is 4.90 Å². The molecule has 3 aromatic rings. The van der Waals surface area contributed by atoms with Crippen molar-refractivity contribution in [3.05, 3.63) is 78.4 Å². The van der Waals surface area contributed by atoms with E-state index >= 15 is 0 Å². The van der Waals surface area contributed by atoms with E-state index in [1.165, 1.54) is 40.7 Å². The fourth-order valence-corrected chi connectivity index (χ4v) is 5.32. The lowest BCUT2D eigenvalue weighted by atomic mass is 9.71. The summed E-state index contributed by atoms with van der Waals surface area (Å²) >= 11 is 0. The Bertz CT molecular complexity index is 1010. The van der Waals surface area contributed by atoms with Crippen molar-refractivity contribution in [2.24, 2.45) is 0 Å². The second-order valence-corrected chi connectivity index (χ2v) is 10.4. The average molecular weight is 428 g/mol. The fraction of sp³-hybridized carbons (Fsp3) is 0.400. The van der Waals surface area contributed by atoms with Crippen molar-refractivity contribution >= 4 is 0 Å². The quantitative estimate of drug-likeness (QED) is 0.412. The number of nitrogens with zero attached hydrogens (tertiary/aromatic N) is 1. The lowest BCUT2D eigenvalue weighted by Gasteiger charge is -2.54. The van der Waals surface area contributed by atoms with Crippen LogP contribution in [0.15, 0.2) is 72.8 Å². The average Bonchev–Trinajstić information content (AvgIpc) is 2.78. The summed E-state index contributed by atoms with van der Waals surface area (Å²) < 4.78 is 5.55. The Hall–Kier alpha value is -2.58. The van der Waals surface area contributed by atoms with Crippen molar-refractivity contribution in [3.8, 4) is 28.0 Å². The van der Waals surface area contributed by atoms with E-state index in [0.717, 1.165) is 5.75 Å². The summed E-state index contributed by atoms with van der Waals surface area (Å²) in [6.45, 7) is 12.2. The number of rotatable bonds is 5. The molecular formula is C30H37NO. The Morgan fingerprint density at radius 2 is 1.06 bits per heavy atom. The normalized spacial score (nSPS) is 18.4. The topological polar surface area (TPSA) is 12.5 Å². The van der Waals surface area contributed by atoms with Crippen LogP contribution in [0.2, 0.25) is 0 Å². The van der Waals surface area contributed by atoms with Gasteiger partial charge in [-0.1, -0.05) is 60.7 Å². The molecule has 0 amide bonds. The van der Waals surface area contributed by atoms with Gasteiger partial charge in [0, 0.05) is 11.1 Å². The zero-order valence-corrected chi connectivity index (χ0v) is 20.5. The molecule has 32 heavy (non-hydrogen) atoms. The van der Waals surface area contributed by atoms with Gasteiger partial charge in [0.2, 0.25) is 0 Å². The van der Waals surface area contributed by atoms with Gasteiger partial charge in [-0.25, -0.2) is 0 Å². The molecule has 1 fully saturated rings. The lowest BCUT2D eigenvalue weighted by Crippen LogP contribution is -2.58. The highest BCUT2D eigenvalue weighted by molar-refractivity contribution is 5.70. The molecule has 2 heteroatoms. The van der Waals surface area contributed by atoms with Gasteiger partial charge in [0.1, 0.15) is 5.75 Å². The van der Waals surface area contributed by atoms with E-state index < -0.39 is 0 Å². The number of hydrogen-bond acceptors (Lipinski definition) is 2. The van der Waals surface area contributed by atoms with Gasteiger partial charge in [-0.05, 0) is 100 Å². The Labute approximate surface area is 194 Å². The van der Waals surface area contributed by atoms with Crippen LogP contribution in [0.1, 0.15) is 58.9 Å². The van der Waals surface area contributed by atoms with Gasteiger partial charge in [0.15, 0.2) is 0 Å². The first-order valence-corrected chi connectivity index (χ1v) is 11.9. The molecule has 168 valence electrons. The van der Waals surface area contributed by atoms with Gasteiger partial charge in [0.05, 0.1) is 6.61 Å². The van der Waals surface area contributed by atoms with E-state index in [4.69, 9.17) is 4.74 Å². The highest BCUT2D eigenvalue weighted by atomic mass is 16.5. The summed E-state index contributed by atoms with van der Waals surface area (Å²) in [5.41, 5.74) is 6.86. The van der Waals surface area contributed by atoms with Gasteiger partial charge in [-0.3, -0.25) is 4.90 Å². The van der Waals surface area contributed by atoms with Crippen LogP contribution in [0.25, 0.3) is 22.3 Å². The van der Waals surface area contributed by atoms with Crippen molar-refractivity contribution in [1.29, 1.82) is 0 Å². The van der Waals surface area contributed by atoms with Crippen LogP contribution < -0.4 is 4.74 Å². The third-order valence-corrected chi connectivity index (χ3v) is 7.41. The van der Waals surface area contributed by atoms with E-state index in [2.05, 4.69) is 100 Å². The number of hydrogen-bond donors (Lipinski definition) is 0. The molecule has 0 N–H and O–H groups in total. The van der Waals surface area contributed by atoms with Gasteiger partial charge < -0.3 is 4.74 Å². The Morgan fingerprint density at radius 1 is 0.688 bits per heavy atom. The third-order valence-electron chi connectivity index (χ3n) is 7.41. The number of piperidine rings is 1. The molecule has 3 aromatic carbocycles. The highest BCUT2D eigenvalue weighted by Gasteiger charge is 2.43. The molecule has 0 aliphatic carbocycles. The molecule has 1 aliphatic heterocycles. The summed E-state index contributed by atoms with van der Waals surface area (Å²) in [5, 5.41) is 0. The first-order chi connectivity index (χ1) is 15.2. The molecule has 0 atom stereocenters. The van der Waals surface area contributed by atoms with Crippen LogP contribution >= 0.6 is 0 Å². The van der Waals surface area contributed by atoms with Crippen LogP contribution in [-0.2, 0) is 0 Å². The minimum absolute atomic E-state index is 0.210. The molecule has 0 aromatic heterocycles. The van der Waals surface area contributed by atoms with E-state index in [9.17, 15) is 0 Å². The van der Waals surface area contributed by atoms with Gasteiger partial charge in [-0.2, -0.15) is 0 Å². The zero-order chi connectivity index (χ0) is 22.9. The van der Waals surface area contributed by atoms with Gasteiger partial charge >= 0.3 is 0 Å². The van der Waals surface area contributed by atoms with Crippen LogP contribution in [0.3, 0.4) is 0 Å². The summed E-state index contributed by atoms with van der Waals surface area (Å²) in [6.07, 6.45) is 2.39. The molecule has 0 spiro atoms. The van der Waals surface area contributed by atoms with Gasteiger partial charge in [-0.15, -0.1) is 0 Å². The van der Waals surface area contributed by atoms with Crippen molar-refractivity contribution < 1.29 is 4.74 Å². The second kappa shape index (κ2) is 8.75. The van der Waals surface area contributed by atoms with Crippen molar-refractivity contribution in [2.45, 2.75) is 64.5 Å². The SMILES string of the molecule is CCOc1ccc(-c2ccc(-c3ccc(C4CC(C)(C)N(C)C(C)(C)C4)cc3)cc2)cc1. The maximum Gasteiger partial charge on any atom is 0.119 e. The third kappa shape index (κ3) is 4.61. The second-order valence-electron chi connectivity index (χ2n) is 10.4. The summed E-state index contributed by atoms with van der Waals surface area (Å²) in [4.78, 5) is 2.55. The smallest absolute Gasteiger partial charge is 0.119 e. The Balaban J connectivity index is 1.49. The predicted octanol–water partition coefficient (Wildman–Crippen LogP) is 7.79. The zero-order valence-electron chi connectivity index (χ0n) is 20.5. The summed E-state index contributed by atoms with van der Waals surface area (Å²) in [7, 11) is 2.27. The van der Waals surface area contributed by atoms with Crippen molar-refractivity contribution in [3.63, 3.8) is 0 Å². The molecule has 0 unspecified atom stereocenters. The largest absolute Gasteiger partial charge is 0.494 e. The molecular weight excluding hydrogens is 390 g/mol. The van der Waals surface area contributed by atoms with Gasteiger partial charge in [0.25, 0.3) is 0 Å². The Morgan fingerprint density at radius 3 is 1.47 bits per heavy atom. The molecule has 0 radical (unpaired) electrons. The molecule has 0 bridgehead atoms. The molecule has 1 heterocycles. The van der Waals surface area contributed by atoms with E-state index in [0.29, 0.717) is 12.5 Å². The molecule has 1 aliphatic rings. The standard InChI is InChI=1S/C30H37NO/c1-7-32-28-18-16-25(17-19-28)24-10-8-22(9-11-24)23-12-14-26(15-13-23)27-20-29(2,3)31(6)30(4,5)21-27/h8-19,27H,7,20-21H2,1-6H3. The molecule has 0 saturated carbocycles. The lowest BCUT2D eigenvalue weighted by molar-refractivity contribution is -0.0128. The van der Waals surface area contributed by atoms with Crippen LogP contribution in [0.5, 0.6) is 5.75 Å². The minimum Gasteiger partial charge on any atom is -0.494 e. The van der Waals surface area contributed by atoms with Crippen LogP contribution in [-0.4, -0.2) is 29.6 Å². The van der Waals surface area contributed by atoms with E-state index in [1.54, 1.807) is 0 Å². The number of benzene rings is 3. The first-order valence-electron chi connectivity index (χ1n) is 11.9. The first kappa shape index (κ1) is 22.6. The number of ether oxygens (including phenoxy) is 1.